The molecule has 0 aliphatic carbocycles. The van der Waals surface area contributed by atoms with E-state index in [2.05, 4.69) is 4.99 Å². The average Bonchev–Trinajstić information content (AvgIpc) is 2.07. The Hall–Kier alpha value is -1.80. The largest absolute Gasteiger partial charge is 0.508 e. The quantitative estimate of drug-likeness (QED) is 0.389. The first-order chi connectivity index (χ1) is 5.74. The monoisotopic (exact) mass is 165 g/mol. The van der Waals surface area contributed by atoms with E-state index in [0.29, 0.717) is 5.56 Å². The Balaban J connectivity index is 2.96. The second-order valence-electron chi connectivity index (χ2n) is 2.22. The standard InChI is InChI=1S/C8H7NO3/c10-5-9-4-6-3-7(11)1-2-8(6)12/h1-3,11-12H,4H2. The van der Waals surface area contributed by atoms with Crippen molar-refractivity contribution in [2.24, 2.45) is 4.99 Å². The molecule has 1 aromatic carbocycles. The SMILES string of the molecule is O=C=NCc1cc(O)ccc1O. The highest BCUT2D eigenvalue weighted by Gasteiger charge is 2.00. The number of hydrogen-bond donors (Lipinski definition) is 2. The molecule has 0 atom stereocenters. The minimum Gasteiger partial charge on any atom is -0.508 e. The van der Waals surface area contributed by atoms with Crippen LogP contribution in [-0.2, 0) is 11.3 Å². The predicted octanol–water partition coefficient (Wildman–Crippen LogP) is 0.934. The van der Waals surface area contributed by atoms with E-state index in [1.165, 1.54) is 24.3 Å². The van der Waals surface area contributed by atoms with Gasteiger partial charge in [0.05, 0.1) is 6.54 Å². The first kappa shape index (κ1) is 8.30. The van der Waals surface area contributed by atoms with Crippen LogP contribution in [0.4, 0.5) is 0 Å². The van der Waals surface area contributed by atoms with Crippen LogP contribution in [0.25, 0.3) is 0 Å². The molecule has 0 spiro atoms. The number of carbonyl (C=O) groups excluding carboxylic acids is 1. The van der Waals surface area contributed by atoms with Crippen molar-refractivity contribution in [3.63, 3.8) is 0 Å². The minimum atomic E-state index is 0.00630. The molecule has 0 bridgehead atoms. The lowest BCUT2D eigenvalue weighted by Gasteiger charge is -1.99. The molecular weight excluding hydrogens is 158 g/mol. The topological polar surface area (TPSA) is 69.9 Å². The normalized spacial score (nSPS) is 9.00. The van der Waals surface area contributed by atoms with Gasteiger partial charge in [-0.3, -0.25) is 0 Å². The van der Waals surface area contributed by atoms with Gasteiger partial charge in [-0.1, -0.05) is 0 Å². The number of aliphatic imine (C=N–C) groups is 1. The van der Waals surface area contributed by atoms with E-state index in [1.54, 1.807) is 0 Å². The van der Waals surface area contributed by atoms with Crippen molar-refractivity contribution < 1.29 is 15.0 Å². The molecule has 2 N–H and O–H groups in total. The van der Waals surface area contributed by atoms with Crippen LogP contribution in [0.2, 0.25) is 0 Å². The van der Waals surface area contributed by atoms with Crippen LogP contribution < -0.4 is 0 Å². The molecule has 1 aromatic rings. The van der Waals surface area contributed by atoms with Crippen LogP contribution in [0.5, 0.6) is 11.5 Å². The molecule has 4 heteroatoms. The number of benzene rings is 1. The average molecular weight is 165 g/mol. The van der Waals surface area contributed by atoms with Gasteiger partial charge in [0.15, 0.2) is 0 Å². The number of phenols is 2. The summed E-state index contributed by atoms with van der Waals surface area (Å²) in [5.41, 5.74) is 0.401. The van der Waals surface area contributed by atoms with E-state index in [4.69, 9.17) is 10.2 Å². The molecule has 0 aliphatic heterocycles. The maximum Gasteiger partial charge on any atom is 0.235 e. The summed E-state index contributed by atoms with van der Waals surface area (Å²) in [6.07, 6.45) is 1.35. The molecule has 4 nitrogen and oxygen atoms in total. The molecule has 0 aromatic heterocycles. The van der Waals surface area contributed by atoms with Crippen LogP contribution in [-0.4, -0.2) is 16.3 Å². The van der Waals surface area contributed by atoms with E-state index >= 15 is 0 Å². The highest BCUT2D eigenvalue weighted by molar-refractivity contribution is 5.40. The first-order valence-electron chi connectivity index (χ1n) is 3.28. The third-order valence-electron chi connectivity index (χ3n) is 1.38. The Kier molecular flexibility index (Phi) is 2.46. The number of aromatic hydroxyl groups is 2. The van der Waals surface area contributed by atoms with Gasteiger partial charge in [-0.2, -0.15) is 0 Å². The van der Waals surface area contributed by atoms with Crippen molar-refractivity contribution in [2.45, 2.75) is 6.54 Å². The minimum absolute atomic E-state index is 0.00630. The van der Waals surface area contributed by atoms with Gasteiger partial charge in [0.1, 0.15) is 11.5 Å². The smallest absolute Gasteiger partial charge is 0.235 e. The third-order valence-corrected chi connectivity index (χ3v) is 1.38. The third kappa shape index (κ3) is 1.84. The zero-order chi connectivity index (χ0) is 8.97. The Morgan fingerprint density at radius 3 is 2.83 bits per heavy atom. The van der Waals surface area contributed by atoms with Gasteiger partial charge >= 0.3 is 0 Å². The Labute approximate surface area is 68.8 Å². The van der Waals surface area contributed by atoms with Gasteiger partial charge in [0.2, 0.25) is 6.08 Å². The highest BCUT2D eigenvalue weighted by Crippen LogP contribution is 2.22. The fraction of sp³-hybridized carbons (Fsp3) is 0.125. The molecular formula is C8H7NO3. The molecule has 0 amide bonds. The molecule has 0 aliphatic rings. The van der Waals surface area contributed by atoms with E-state index in [9.17, 15) is 4.79 Å². The van der Waals surface area contributed by atoms with Crippen LogP contribution in [0.1, 0.15) is 5.56 Å². The lowest BCUT2D eigenvalue weighted by Crippen LogP contribution is -1.81. The van der Waals surface area contributed by atoms with Crippen molar-refractivity contribution in [1.82, 2.24) is 0 Å². The lowest BCUT2D eigenvalue weighted by molar-refractivity contribution is 0.454. The molecule has 12 heavy (non-hydrogen) atoms. The van der Waals surface area contributed by atoms with Crippen LogP contribution >= 0.6 is 0 Å². The summed E-state index contributed by atoms with van der Waals surface area (Å²) in [4.78, 5) is 13.0. The van der Waals surface area contributed by atoms with Crippen molar-refractivity contribution in [2.75, 3.05) is 0 Å². The number of phenolic OH excluding ortho intramolecular Hbond substituents is 2. The Morgan fingerprint density at radius 1 is 1.42 bits per heavy atom. The first-order valence-corrected chi connectivity index (χ1v) is 3.28. The van der Waals surface area contributed by atoms with Crippen molar-refractivity contribution >= 4 is 6.08 Å². The molecule has 0 radical (unpaired) electrons. The summed E-state index contributed by atoms with van der Waals surface area (Å²) in [7, 11) is 0. The number of hydrogen-bond acceptors (Lipinski definition) is 4. The van der Waals surface area contributed by atoms with Gasteiger partial charge in [-0.05, 0) is 18.2 Å². The summed E-state index contributed by atoms with van der Waals surface area (Å²) in [6.45, 7) is 0.0315. The maximum absolute atomic E-state index is 9.74. The van der Waals surface area contributed by atoms with E-state index in [0.717, 1.165) is 0 Å². The van der Waals surface area contributed by atoms with Crippen LogP contribution in [0, 0.1) is 0 Å². The maximum atomic E-state index is 9.74. The van der Waals surface area contributed by atoms with Gasteiger partial charge in [-0.25, -0.2) is 9.79 Å². The highest BCUT2D eigenvalue weighted by atomic mass is 16.3. The van der Waals surface area contributed by atoms with Crippen molar-refractivity contribution in [1.29, 1.82) is 0 Å². The van der Waals surface area contributed by atoms with Crippen molar-refractivity contribution in [3.05, 3.63) is 23.8 Å². The van der Waals surface area contributed by atoms with Gasteiger partial charge in [-0.15, -0.1) is 0 Å². The molecule has 0 heterocycles. The summed E-state index contributed by atoms with van der Waals surface area (Å²) >= 11 is 0. The zero-order valence-corrected chi connectivity index (χ0v) is 6.19. The molecule has 0 saturated heterocycles. The molecule has 1 rings (SSSR count). The van der Waals surface area contributed by atoms with Crippen LogP contribution in [0.15, 0.2) is 23.2 Å². The fourth-order valence-corrected chi connectivity index (χ4v) is 0.816. The molecule has 0 unspecified atom stereocenters. The van der Waals surface area contributed by atoms with E-state index in [1.807, 2.05) is 0 Å². The zero-order valence-electron chi connectivity index (χ0n) is 6.19. The van der Waals surface area contributed by atoms with Gasteiger partial charge < -0.3 is 10.2 Å². The molecule has 62 valence electrons. The lowest BCUT2D eigenvalue weighted by atomic mass is 10.2. The molecule has 0 saturated carbocycles. The van der Waals surface area contributed by atoms with Gasteiger partial charge in [0, 0.05) is 5.56 Å². The number of isocyanates is 1. The Bertz CT molecular complexity index is 329. The summed E-state index contributed by atoms with van der Waals surface area (Å²) in [5, 5.41) is 18.1. The van der Waals surface area contributed by atoms with E-state index in [-0.39, 0.29) is 18.0 Å². The summed E-state index contributed by atoms with van der Waals surface area (Å²) < 4.78 is 0. The van der Waals surface area contributed by atoms with Crippen LogP contribution in [0.3, 0.4) is 0 Å². The Morgan fingerprint density at radius 2 is 2.17 bits per heavy atom. The molecule has 0 fully saturated rings. The summed E-state index contributed by atoms with van der Waals surface area (Å²) in [6, 6.07) is 4.03. The summed E-state index contributed by atoms with van der Waals surface area (Å²) in [5.74, 6) is 0.0377. The number of nitrogens with zero attached hydrogens (tertiary/aromatic N) is 1. The number of rotatable bonds is 2. The van der Waals surface area contributed by atoms with E-state index < -0.39 is 0 Å². The predicted molar refractivity (Wildman–Crippen MR) is 41.6 cm³/mol. The fourth-order valence-electron chi connectivity index (χ4n) is 0.816. The van der Waals surface area contributed by atoms with Gasteiger partial charge in [0.25, 0.3) is 0 Å². The second-order valence-corrected chi connectivity index (χ2v) is 2.22. The van der Waals surface area contributed by atoms with Crippen molar-refractivity contribution in [3.8, 4) is 11.5 Å². The second kappa shape index (κ2) is 3.55.